The summed E-state index contributed by atoms with van der Waals surface area (Å²) in [5.74, 6) is 0.295. The molecular formula is C16H13BrFN3. The molecule has 0 spiro atoms. The predicted molar refractivity (Wildman–Crippen MR) is 85.3 cm³/mol. The van der Waals surface area contributed by atoms with Gasteiger partial charge in [0.1, 0.15) is 11.6 Å². The van der Waals surface area contributed by atoms with Crippen LogP contribution in [0.3, 0.4) is 0 Å². The van der Waals surface area contributed by atoms with Crippen molar-refractivity contribution in [2.24, 2.45) is 0 Å². The molecule has 3 nitrogen and oxygen atoms in total. The van der Waals surface area contributed by atoms with Crippen LogP contribution in [0.5, 0.6) is 0 Å². The van der Waals surface area contributed by atoms with Crippen molar-refractivity contribution in [1.29, 1.82) is 0 Å². The monoisotopic (exact) mass is 345 g/mol. The van der Waals surface area contributed by atoms with Crippen LogP contribution in [0.1, 0.15) is 5.56 Å². The van der Waals surface area contributed by atoms with Crippen LogP contribution in [0.25, 0.3) is 11.3 Å². The summed E-state index contributed by atoms with van der Waals surface area (Å²) in [6.07, 6.45) is 0. The fourth-order valence-electron chi connectivity index (χ4n) is 2.13. The van der Waals surface area contributed by atoms with Crippen LogP contribution in [0.15, 0.2) is 59.1 Å². The van der Waals surface area contributed by atoms with E-state index < -0.39 is 0 Å². The van der Waals surface area contributed by atoms with Crippen LogP contribution < -0.4 is 5.73 Å². The van der Waals surface area contributed by atoms with Crippen molar-refractivity contribution < 1.29 is 4.39 Å². The van der Waals surface area contributed by atoms with E-state index in [1.54, 1.807) is 10.7 Å². The third-order valence-corrected chi connectivity index (χ3v) is 3.70. The second-order valence-corrected chi connectivity index (χ2v) is 5.66. The van der Waals surface area contributed by atoms with E-state index in [4.69, 9.17) is 5.73 Å². The molecule has 5 heteroatoms. The molecule has 3 aromatic rings. The van der Waals surface area contributed by atoms with Gasteiger partial charge in [0.2, 0.25) is 0 Å². The number of halogens is 2. The van der Waals surface area contributed by atoms with E-state index in [1.165, 1.54) is 12.1 Å². The van der Waals surface area contributed by atoms with Gasteiger partial charge in [0, 0.05) is 16.1 Å². The first-order valence-corrected chi connectivity index (χ1v) is 7.25. The number of nitrogens with two attached hydrogens (primary N) is 1. The van der Waals surface area contributed by atoms with Crippen molar-refractivity contribution in [3.05, 3.63) is 70.5 Å². The third-order valence-electron chi connectivity index (χ3n) is 3.17. The van der Waals surface area contributed by atoms with Crippen molar-refractivity contribution >= 4 is 21.7 Å². The number of benzene rings is 2. The van der Waals surface area contributed by atoms with E-state index in [9.17, 15) is 4.39 Å². The van der Waals surface area contributed by atoms with Gasteiger partial charge in [0.25, 0.3) is 0 Å². The zero-order valence-corrected chi connectivity index (χ0v) is 12.7. The minimum atomic E-state index is -0.258. The first-order chi connectivity index (χ1) is 10.1. The maximum atomic E-state index is 13.2. The van der Waals surface area contributed by atoms with Gasteiger partial charge in [-0.2, -0.15) is 5.10 Å². The van der Waals surface area contributed by atoms with Crippen LogP contribution in [-0.2, 0) is 6.54 Å². The summed E-state index contributed by atoms with van der Waals surface area (Å²) in [5, 5.41) is 4.49. The van der Waals surface area contributed by atoms with Crippen molar-refractivity contribution in [1.82, 2.24) is 9.78 Å². The van der Waals surface area contributed by atoms with Gasteiger partial charge >= 0.3 is 0 Å². The Labute approximate surface area is 130 Å². The smallest absolute Gasteiger partial charge is 0.123 e. The summed E-state index contributed by atoms with van der Waals surface area (Å²) in [6, 6.07) is 16.1. The molecule has 2 N–H and O–H groups in total. The number of nitrogens with zero attached hydrogens (tertiary/aromatic N) is 2. The van der Waals surface area contributed by atoms with Gasteiger partial charge in [-0.05, 0) is 29.8 Å². The molecule has 0 fully saturated rings. The quantitative estimate of drug-likeness (QED) is 0.777. The van der Waals surface area contributed by atoms with Crippen molar-refractivity contribution in [3.63, 3.8) is 0 Å². The van der Waals surface area contributed by atoms with E-state index in [1.807, 2.05) is 36.4 Å². The van der Waals surface area contributed by atoms with Crippen LogP contribution >= 0.6 is 15.9 Å². The van der Waals surface area contributed by atoms with E-state index in [2.05, 4.69) is 21.0 Å². The van der Waals surface area contributed by atoms with E-state index in [0.717, 1.165) is 21.3 Å². The molecule has 0 aliphatic heterocycles. The molecule has 0 saturated heterocycles. The van der Waals surface area contributed by atoms with Gasteiger partial charge in [-0.25, -0.2) is 9.07 Å². The highest BCUT2D eigenvalue weighted by Crippen LogP contribution is 2.23. The zero-order valence-electron chi connectivity index (χ0n) is 11.1. The van der Waals surface area contributed by atoms with Crippen molar-refractivity contribution in [3.8, 4) is 11.3 Å². The zero-order chi connectivity index (χ0) is 14.8. The van der Waals surface area contributed by atoms with E-state index >= 15 is 0 Å². The summed E-state index contributed by atoms with van der Waals surface area (Å²) >= 11 is 3.40. The molecule has 0 unspecified atom stereocenters. The first kappa shape index (κ1) is 13.8. The number of hydrogen-bond acceptors (Lipinski definition) is 2. The largest absolute Gasteiger partial charge is 0.384 e. The Hall–Kier alpha value is -2.14. The number of aromatic nitrogens is 2. The fraction of sp³-hybridized carbons (Fsp3) is 0.0625. The molecule has 106 valence electrons. The van der Waals surface area contributed by atoms with E-state index in [-0.39, 0.29) is 5.82 Å². The summed E-state index contributed by atoms with van der Waals surface area (Å²) in [7, 11) is 0. The average Bonchev–Trinajstić information content (AvgIpc) is 2.81. The summed E-state index contributed by atoms with van der Waals surface area (Å²) in [5.41, 5.74) is 8.61. The van der Waals surface area contributed by atoms with Gasteiger partial charge in [0.05, 0.1) is 12.2 Å². The lowest BCUT2D eigenvalue weighted by atomic mass is 10.2. The molecule has 1 aromatic heterocycles. The molecule has 0 amide bonds. The summed E-state index contributed by atoms with van der Waals surface area (Å²) < 4.78 is 15.9. The fourth-order valence-corrected chi connectivity index (χ4v) is 2.39. The molecule has 2 aromatic carbocycles. The Kier molecular flexibility index (Phi) is 3.75. The highest BCUT2D eigenvalue weighted by Gasteiger charge is 2.08. The number of anilines is 1. The Morgan fingerprint density at radius 2 is 1.86 bits per heavy atom. The lowest BCUT2D eigenvalue weighted by Gasteiger charge is -2.04. The minimum absolute atomic E-state index is 0.258. The van der Waals surface area contributed by atoms with Crippen LogP contribution in [0.4, 0.5) is 10.2 Å². The highest BCUT2D eigenvalue weighted by atomic mass is 79.9. The second kappa shape index (κ2) is 5.69. The normalized spacial score (nSPS) is 10.8. The Balaban J connectivity index is 1.89. The summed E-state index contributed by atoms with van der Waals surface area (Å²) in [6.45, 7) is 0.445. The average molecular weight is 346 g/mol. The SMILES string of the molecule is Nc1cc(-c2ccc(Br)cc2)nn1Cc1cccc(F)c1. The van der Waals surface area contributed by atoms with Crippen molar-refractivity contribution in [2.75, 3.05) is 5.73 Å². The molecule has 21 heavy (non-hydrogen) atoms. The van der Waals surface area contributed by atoms with Gasteiger partial charge in [-0.1, -0.05) is 40.2 Å². The number of nitrogen functional groups attached to an aromatic ring is 1. The van der Waals surface area contributed by atoms with Gasteiger partial charge in [0.15, 0.2) is 0 Å². The van der Waals surface area contributed by atoms with Crippen LogP contribution in [-0.4, -0.2) is 9.78 Å². The van der Waals surface area contributed by atoms with Crippen LogP contribution in [0.2, 0.25) is 0 Å². The van der Waals surface area contributed by atoms with Crippen molar-refractivity contribution in [2.45, 2.75) is 6.54 Å². The molecular weight excluding hydrogens is 333 g/mol. The van der Waals surface area contributed by atoms with E-state index in [0.29, 0.717) is 12.4 Å². The standard InChI is InChI=1S/C16H13BrFN3/c17-13-6-4-12(5-7-13)15-9-16(19)21(20-15)10-11-2-1-3-14(18)8-11/h1-9H,10,19H2. The lowest BCUT2D eigenvalue weighted by molar-refractivity contribution is 0.620. The summed E-state index contributed by atoms with van der Waals surface area (Å²) in [4.78, 5) is 0. The van der Waals surface area contributed by atoms with Gasteiger partial charge < -0.3 is 5.73 Å². The highest BCUT2D eigenvalue weighted by molar-refractivity contribution is 9.10. The molecule has 0 radical (unpaired) electrons. The maximum absolute atomic E-state index is 13.2. The maximum Gasteiger partial charge on any atom is 0.123 e. The molecule has 0 aliphatic carbocycles. The second-order valence-electron chi connectivity index (χ2n) is 4.75. The van der Waals surface area contributed by atoms with Gasteiger partial charge in [-0.3, -0.25) is 0 Å². The molecule has 0 bridgehead atoms. The van der Waals surface area contributed by atoms with Gasteiger partial charge in [-0.15, -0.1) is 0 Å². The first-order valence-electron chi connectivity index (χ1n) is 6.45. The topological polar surface area (TPSA) is 43.8 Å². The molecule has 0 atom stereocenters. The Morgan fingerprint density at radius 3 is 2.57 bits per heavy atom. The molecule has 0 saturated carbocycles. The number of hydrogen-bond donors (Lipinski definition) is 1. The Morgan fingerprint density at radius 1 is 1.10 bits per heavy atom. The van der Waals surface area contributed by atoms with Crippen LogP contribution in [0, 0.1) is 5.82 Å². The number of rotatable bonds is 3. The lowest BCUT2D eigenvalue weighted by Crippen LogP contribution is -2.05. The third kappa shape index (κ3) is 3.13. The molecule has 3 rings (SSSR count). The molecule has 1 heterocycles. The minimum Gasteiger partial charge on any atom is -0.384 e. The molecule has 0 aliphatic rings. The predicted octanol–water partition coefficient (Wildman–Crippen LogP) is 4.08. The Bertz CT molecular complexity index is 765.